The second kappa shape index (κ2) is 9.31. The van der Waals surface area contributed by atoms with Crippen LogP contribution < -0.4 is 14.8 Å². The number of rotatable bonds is 9. The van der Waals surface area contributed by atoms with Gasteiger partial charge in [0.05, 0.1) is 14.2 Å². The molecular weight excluding hydrogens is 352 g/mol. The van der Waals surface area contributed by atoms with Crippen molar-refractivity contribution >= 4 is 16.8 Å². The van der Waals surface area contributed by atoms with Gasteiger partial charge in [-0.15, -0.1) is 0 Å². The number of fused-ring (bicyclic) bond motifs is 1. The lowest BCUT2D eigenvalue weighted by Gasteiger charge is -2.22. The van der Waals surface area contributed by atoms with Gasteiger partial charge in [0.15, 0.2) is 11.5 Å². The number of carbonyl (C=O) groups excluding carboxylic acids is 1. The second-order valence-electron chi connectivity index (χ2n) is 6.83. The minimum atomic E-state index is -0.0632. The summed E-state index contributed by atoms with van der Waals surface area (Å²) in [7, 11) is 3.28. The second-order valence-corrected chi connectivity index (χ2v) is 6.83. The molecule has 0 bridgehead atoms. The molecule has 148 valence electrons. The lowest BCUT2D eigenvalue weighted by Crippen LogP contribution is -2.28. The summed E-state index contributed by atoms with van der Waals surface area (Å²) in [4.78, 5) is 15.6. The van der Waals surface area contributed by atoms with Gasteiger partial charge in [-0.1, -0.05) is 43.7 Å². The number of benzene rings is 2. The molecule has 0 aliphatic carbocycles. The SMILES string of the molecule is CCCCC(=O)NCC(c1cccc(OC)c1OC)c1c[nH]c2ccccc12. The normalized spacial score (nSPS) is 12.0. The number of aromatic amines is 1. The maximum atomic E-state index is 12.3. The minimum absolute atomic E-state index is 0.0632. The Balaban J connectivity index is 2.01. The molecule has 0 radical (unpaired) electrons. The lowest BCUT2D eigenvalue weighted by atomic mass is 9.89. The molecular formula is C23H28N2O3. The first-order chi connectivity index (χ1) is 13.7. The number of nitrogens with one attached hydrogen (secondary N) is 2. The van der Waals surface area contributed by atoms with Gasteiger partial charge < -0.3 is 19.8 Å². The summed E-state index contributed by atoms with van der Waals surface area (Å²) < 4.78 is 11.2. The summed E-state index contributed by atoms with van der Waals surface area (Å²) in [6, 6.07) is 14.1. The van der Waals surface area contributed by atoms with Crippen LogP contribution in [0.25, 0.3) is 10.9 Å². The summed E-state index contributed by atoms with van der Waals surface area (Å²) in [5.74, 6) is 1.39. The highest BCUT2D eigenvalue weighted by Crippen LogP contribution is 2.40. The summed E-state index contributed by atoms with van der Waals surface area (Å²) >= 11 is 0. The van der Waals surface area contributed by atoms with Crippen LogP contribution in [0.15, 0.2) is 48.7 Å². The molecule has 2 N–H and O–H groups in total. The van der Waals surface area contributed by atoms with E-state index < -0.39 is 0 Å². The molecule has 3 aromatic rings. The Labute approximate surface area is 166 Å². The highest BCUT2D eigenvalue weighted by atomic mass is 16.5. The molecule has 0 spiro atoms. The average molecular weight is 380 g/mol. The van der Waals surface area contributed by atoms with Gasteiger partial charge in [0.25, 0.3) is 0 Å². The standard InChI is InChI=1S/C23H28N2O3/c1-4-5-13-22(26)25-15-19(17-10-8-12-21(27-2)23(17)28-3)18-14-24-20-11-7-6-9-16(18)20/h6-12,14,19,24H,4-5,13,15H2,1-3H3,(H,25,26). The van der Waals surface area contributed by atoms with Gasteiger partial charge in [0.1, 0.15) is 0 Å². The zero-order valence-electron chi connectivity index (χ0n) is 16.7. The number of methoxy groups -OCH3 is 2. The number of hydrogen-bond acceptors (Lipinski definition) is 3. The van der Waals surface area contributed by atoms with E-state index in [9.17, 15) is 4.79 Å². The number of ether oxygens (including phenoxy) is 2. The van der Waals surface area contributed by atoms with Crippen molar-refractivity contribution in [3.8, 4) is 11.5 Å². The first-order valence-corrected chi connectivity index (χ1v) is 9.73. The van der Waals surface area contributed by atoms with Crippen LogP contribution in [-0.4, -0.2) is 31.7 Å². The molecule has 1 heterocycles. The van der Waals surface area contributed by atoms with Crippen molar-refractivity contribution in [2.45, 2.75) is 32.1 Å². The maximum Gasteiger partial charge on any atom is 0.220 e. The number of carbonyl (C=O) groups is 1. The van der Waals surface area contributed by atoms with Crippen LogP contribution >= 0.6 is 0 Å². The molecule has 5 nitrogen and oxygen atoms in total. The zero-order valence-corrected chi connectivity index (χ0v) is 16.7. The van der Waals surface area contributed by atoms with Crippen LogP contribution in [0.5, 0.6) is 11.5 Å². The molecule has 1 amide bonds. The summed E-state index contributed by atoms with van der Waals surface area (Å²) in [5.41, 5.74) is 3.18. The van der Waals surface area contributed by atoms with E-state index in [2.05, 4.69) is 29.4 Å². The first kappa shape index (κ1) is 19.8. The third kappa shape index (κ3) is 4.14. The van der Waals surface area contributed by atoms with Crippen molar-refractivity contribution in [2.24, 2.45) is 0 Å². The van der Waals surface area contributed by atoms with Crippen LogP contribution in [-0.2, 0) is 4.79 Å². The maximum absolute atomic E-state index is 12.3. The predicted octanol–water partition coefficient (Wildman–Crippen LogP) is 4.62. The summed E-state index contributed by atoms with van der Waals surface area (Å²) in [6.45, 7) is 2.58. The fourth-order valence-electron chi connectivity index (χ4n) is 3.60. The van der Waals surface area contributed by atoms with Crippen molar-refractivity contribution in [2.75, 3.05) is 20.8 Å². The first-order valence-electron chi connectivity index (χ1n) is 9.73. The molecule has 1 aromatic heterocycles. The molecule has 1 atom stereocenters. The molecule has 0 fully saturated rings. The Morgan fingerprint density at radius 1 is 1.07 bits per heavy atom. The van der Waals surface area contributed by atoms with Crippen molar-refractivity contribution in [1.82, 2.24) is 10.3 Å². The third-order valence-electron chi connectivity index (χ3n) is 5.07. The molecule has 0 aliphatic rings. The number of amides is 1. The van der Waals surface area contributed by atoms with Crippen molar-refractivity contribution in [1.29, 1.82) is 0 Å². The van der Waals surface area contributed by atoms with Gasteiger partial charge in [-0.25, -0.2) is 0 Å². The molecule has 0 saturated carbocycles. The molecule has 2 aromatic carbocycles. The molecule has 28 heavy (non-hydrogen) atoms. The predicted molar refractivity (Wildman–Crippen MR) is 112 cm³/mol. The molecule has 3 rings (SSSR count). The Morgan fingerprint density at radius 3 is 2.64 bits per heavy atom. The number of unbranched alkanes of at least 4 members (excludes halogenated alkanes) is 1. The van der Waals surface area contributed by atoms with Crippen molar-refractivity contribution in [3.05, 3.63) is 59.8 Å². The third-order valence-corrected chi connectivity index (χ3v) is 5.07. The van der Waals surface area contributed by atoms with E-state index in [0.717, 1.165) is 34.9 Å². The van der Waals surface area contributed by atoms with Crippen LogP contribution in [0.1, 0.15) is 43.2 Å². The van der Waals surface area contributed by atoms with Gasteiger partial charge in [-0.3, -0.25) is 4.79 Å². The highest BCUT2D eigenvalue weighted by molar-refractivity contribution is 5.84. The van der Waals surface area contributed by atoms with Crippen LogP contribution in [0.4, 0.5) is 0 Å². The summed E-state index contributed by atoms with van der Waals surface area (Å²) in [5, 5.41) is 4.25. The molecule has 0 aliphatic heterocycles. The van der Waals surface area contributed by atoms with Gasteiger partial charge >= 0.3 is 0 Å². The van der Waals surface area contributed by atoms with Crippen LogP contribution in [0.3, 0.4) is 0 Å². The lowest BCUT2D eigenvalue weighted by molar-refractivity contribution is -0.121. The Hall–Kier alpha value is -2.95. The quantitative estimate of drug-likeness (QED) is 0.569. The van der Waals surface area contributed by atoms with E-state index in [1.54, 1.807) is 14.2 Å². The smallest absolute Gasteiger partial charge is 0.220 e. The van der Waals surface area contributed by atoms with E-state index in [0.29, 0.717) is 24.5 Å². The Bertz CT molecular complexity index is 932. The minimum Gasteiger partial charge on any atom is -0.493 e. The molecule has 0 saturated heterocycles. The fourth-order valence-corrected chi connectivity index (χ4v) is 3.60. The van der Waals surface area contributed by atoms with Crippen LogP contribution in [0, 0.1) is 0 Å². The Morgan fingerprint density at radius 2 is 1.89 bits per heavy atom. The van der Waals surface area contributed by atoms with Crippen molar-refractivity contribution < 1.29 is 14.3 Å². The Kier molecular flexibility index (Phi) is 6.58. The summed E-state index contributed by atoms with van der Waals surface area (Å²) in [6.07, 6.45) is 4.47. The van der Waals surface area contributed by atoms with Gasteiger partial charge in [-0.2, -0.15) is 0 Å². The van der Waals surface area contributed by atoms with E-state index in [1.807, 2.05) is 36.5 Å². The van der Waals surface area contributed by atoms with E-state index in [4.69, 9.17) is 9.47 Å². The van der Waals surface area contributed by atoms with Gasteiger partial charge in [-0.05, 0) is 24.1 Å². The van der Waals surface area contributed by atoms with E-state index >= 15 is 0 Å². The number of aromatic nitrogens is 1. The number of H-pyrrole nitrogens is 1. The largest absolute Gasteiger partial charge is 0.493 e. The van der Waals surface area contributed by atoms with Crippen LogP contribution in [0.2, 0.25) is 0 Å². The average Bonchev–Trinajstić information content (AvgIpc) is 3.16. The highest BCUT2D eigenvalue weighted by Gasteiger charge is 2.24. The fraction of sp³-hybridized carbons (Fsp3) is 0.348. The van der Waals surface area contributed by atoms with Gasteiger partial charge in [0, 0.05) is 41.5 Å². The molecule has 1 unspecified atom stereocenters. The van der Waals surface area contributed by atoms with Crippen molar-refractivity contribution in [3.63, 3.8) is 0 Å². The topological polar surface area (TPSA) is 63.4 Å². The van der Waals surface area contributed by atoms with Gasteiger partial charge in [0.2, 0.25) is 5.91 Å². The number of para-hydroxylation sites is 2. The monoisotopic (exact) mass is 380 g/mol. The number of hydrogen-bond donors (Lipinski definition) is 2. The molecule has 5 heteroatoms. The van der Waals surface area contributed by atoms with E-state index in [-0.39, 0.29) is 11.8 Å². The van der Waals surface area contributed by atoms with E-state index in [1.165, 1.54) is 0 Å². The zero-order chi connectivity index (χ0) is 19.9.